The van der Waals surface area contributed by atoms with Crippen LogP contribution in [0.4, 0.5) is 13.2 Å². The Hall–Kier alpha value is -2.83. The molecule has 162 valence electrons. The summed E-state index contributed by atoms with van der Waals surface area (Å²) < 4.78 is 43.6. The first-order valence-electron chi connectivity index (χ1n) is 10.3. The van der Waals surface area contributed by atoms with Crippen LogP contribution in [0.25, 0.3) is 0 Å². The molecule has 1 aliphatic heterocycles. The Kier molecular flexibility index (Phi) is 6.30. The Morgan fingerprint density at radius 2 is 1.61 bits per heavy atom. The van der Waals surface area contributed by atoms with E-state index in [2.05, 4.69) is 29.2 Å². The van der Waals surface area contributed by atoms with E-state index in [0.717, 1.165) is 30.7 Å². The molecule has 1 N–H and O–H groups in total. The maximum absolute atomic E-state index is 12.7. The molecular weight excluding hydrogens is 403 g/mol. The van der Waals surface area contributed by atoms with E-state index in [9.17, 15) is 18.3 Å². The van der Waals surface area contributed by atoms with Crippen molar-refractivity contribution in [2.75, 3.05) is 19.7 Å². The van der Waals surface area contributed by atoms with Gasteiger partial charge in [-0.15, -0.1) is 0 Å². The molecule has 0 bridgehead atoms. The predicted molar refractivity (Wildman–Crippen MR) is 113 cm³/mol. The molecule has 2 atom stereocenters. The van der Waals surface area contributed by atoms with Crippen molar-refractivity contribution in [3.8, 4) is 5.75 Å². The van der Waals surface area contributed by atoms with Gasteiger partial charge >= 0.3 is 6.18 Å². The molecule has 0 amide bonds. The summed E-state index contributed by atoms with van der Waals surface area (Å²) in [5.41, 5.74) is 2.97. The van der Waals surface area contributed by atoms with Crippen molar-refractivity contribution in [2.24, 2.45) is 0 Å². The number of ether oxygens (including phenoxy) is 1. The van der Waals surface area contributed by atoms with Gasteiger partial charge in [-0.25, -0.2) is 0 Å². The van der Waals surface area contributed by atoms with E-state index in [-0.39, 0.29) is 12.6 Å². The minimum Gasteiger partial charge on any atom is -0.491 e. The number of alkyl halides is 3. The lowest BCUT2D eigenvalue weighted by molar-refractivity contribution is -0.137. The second kappa shape index (κ2) is 9.12. The van der Waals surface area contributed by atoms with E-state index >= 15 is 0 Å². The summed E-state index contributed by atoms with van der Waals surface area (Å²) in [5, 5.41) is 10.6. The number of aliphatic hydroxyl groups is 1. The van der Waals surface area contributed by atoms with Crippen molar-refractivity contribution < 1.29 is 23.0 Å². The molecule has 6 heteroatoms. The zero-order valence-corrected chi connectivity index (χ0v) is 16.9. The number of rotatable bonds is 6. The highest BCUT2D eigenvalue weighted by molar-refractivity contribution is 5.39. The molecule has 3 aromatic carbocycles. The van der Waals surface area contributed by atoms with Gasteiger partial charge in [0.25, 0.3) is 0 Å². The predicted octanol–water partition coefficient (Wildman–Crippen LogP) is 5.09. The van der Waals surface area contributed by atoms with E-state index in [1.807, 2.05) is 30.3 Å². The Bertz CT molecular complexity index is 990. The zero-order valence-electron chi connectivity index (χ0n) is 16.9. The van der Waals surface area contributed by atoms with Crippen LogP contribution in [-0.4, -0.2) is 35.8 Å². The van der Waals surface area contributed by atoms with Gasteiger partial charge in [-0.3, -0.25) is 4.90 Å². The molecule has 0 spiro atoms. The number of fused-ring (bicyclic) bond motifs is 1. The molecule has 0 saturated carbocycles. The molecule has 1 aliphatic rings. The maximum Gasteiger partial charge on any atom is 0.416 e. The number of β-amino-alcohol motifs (C(OH)–C–C–N with tert-alkyl or cyclic N) is 1. The lowest BCUT2D eigenvalue weighted by Crippen LogP contribution is -2.42. The van der Waals surface area contributed by atoms with Gasteiger partial charge in [-0.1, -0.05) is 54.6 Å². The summed E-state index contributed by atoms with van der Waals surface area (Å²) >= 11 is 0. The van der Waals surface area contributed by atoms with Crippen molar-refractivity contribution in [3.63, 3.8) is 0 Å². The fraction of sp³-hybridized carbons (Fsp3) is 0.280. The van der Waals surface area contributed by atoms with Crippen molar-refractivity contribution in [1.82, 2.24) is 4.90 Å². The quantitative estimate of drug-likeness (QED) is 0.595. The normalized spacial score (nSPS) is 17.7. The minimum absolute atomic E-state index is 0.00498. The van der Waals surface area contributed by atoms with Gasteiger partial charge in [0.15, 0.2) is 0 Å². The number of hydrogen-bond donors (Lipinski definition) is 1. The highest BCUT2D eigenvalue weighted by atomic mass is 19.4. The van der Waals surface area contributed by atoms with Crippen LogP contribution in [0.3, 0.4) is 0 Å². The zero-order chi connectivity index (χ0) is 21.8. The smallest absolute Gasteiger partial charge is 0.416 e. The van der Waals surface area contributed by atoms with Crippen LogP contribution >= 0.6 is 0 Å². The largest absolute Gasteiger partial charge is 0.491 e. The van der Waals surface area contributed by atoms with Crippen molar-refractivity contribution >= 4 is 0 Å². The summed E-state index contributed by atoms with van der Waals surface area (Å²) in [7, 11) is 0. The first kappa shape index (κ1) is 21.4. The number of nitrogens with zero attached hydrogens (tertiary/aromatic N) is 1. The molecule has 31 heavy (non-hydrogen) atoms. The lowest BCUT2D eigenvalue weighted by atomic mass is 9.88. The van der Waals surface area contributed by atoms with Crippen LogP contribution < -0.4 is 4.74 Å². The highest BCUT2D eigenvalue weighted by Gasteiger charge is 2.31. The molecule has 4 rings (SSSR count). The second-order valence-electron chi connectivity index (χ2n) is 7.74. The molecule has 0 aromatic heterocycles. The van der Waals surface area contributed by atoms with Gasteiger partial charge in [0.05, 0.1) is 11.6 Å². The monoisotopic (exact) mass is 427 g/mol. The Morgan fingerprint density at radius 1 is 0.935 bits per heavy atom. The number of halogens is 3. The molecule has 0 fully saturated rings. The second-order valence-corrected chi connectivity index (χ2v) is 7.74. The van der Waals surface area contributed by atoms with E-state index in [4.69, 9.17) is 4.74 Å². The van der Waals surface area contributed by atoms with Crippen LogP contribution in [0.15, 0.2) is 78.9 Å². The number of aliphatic hydroxyl groups excluding tert-OH is 1. The highest BCUT2D eigenvalue weighted by Crippen LogP contribution is 2.35. The van der Waals surface area contributed by atoms with Crippen molar-refractivity contribution in [3.05, 3.63) is 101 Å². The fourth-order valence-corrected chi connectivity index (χ4v) is 4.10. The maximum atomic E-state index is 12.7. The average Bonchev–Trinajstić information content (AvgIpc) is 2.78. The van der Waals surface area contributed by atoms with Crippen LogP contribution in [-0.2, 0) is 12.6 Å². The summed E-state index contributed by atoms with van der Waals surface area (Å²) in [4.78, 5) is 2.23. The Balaban J connectivity index is 1.44. The topological polar surface area (TPSA) is 32.7 Å². The SMILES string of the molecule is OC(COc1ccc(C(F)(F)F)cc1)CN1CCc2ccccc2[C@@H]1c1ccccc1. The Labute approximate surface area is 179 Å². The van der Waals surface area contributed by atoms with Crippen LogP contribution in [0.1, 0.15) is 28.3 Å². The molecule has 1 heterocycles. The summed E-state index contributed by atoms with van der Waals surface area (Å²) in [5.74, 6) is 0.302. The number of benzene rings is 3. The molecule has 3 aromatic rings. The third-order valence-electron chi connectivity index (χ3n) is 5.57. The minimum atomic E-state index is -4.38. The molecular formula is C25H24F3NO2. The van der Waals surface area contributed by atoms with Gasteiger partial charge in [0, 0.05) is 13.1 Å². The summed E-state index contributed by atoms with van der Waals surface area (Å²) in [6.07, 6.45) is -4.26. The van der Waals surface area contributed by atoms with E-state index in [1.54, 1.807) is 0 Å². The average molecular weight is 427 g/mol. The van der Waals surface area contributed by atoms with E-state index in [1.165, 1.54) is 23.3 Å². The van der Waals surface area contributed by atoms with Gasteiger partial charge in [-0.05, 0) is 47.4 Å². The van der Waals surface area contributed by atoms with Crippen LogP contribution in [0.2, 0.25) is 0 Å². The van der Waals surface area contributed by atoms with Crippen molar-refractivity contribution in [2.45, 2.75) is 24.7 Å². The summed E-state index contributed by atoms with van der Waals surface area (Å²) in [6.45, 7) is 1.20. The molecule has 0 saturated heterocycles. The van der Waals surface area contributed by atoms with Crippen molar-refractivity contribution in [1.29, 1.82) is 0 Å². The van der Waals surface area contributed by atoms with Gasteiger partial charge in [-0.2, -0.15) is 13.2 Å². The summed E-state index contributed by atoms with van der Waals surface area (Å²) in [6, 6.07) is 23.1. The first-order chi connectivity index (χ1) is 14.9. The molecule has 0 radical (unpaired) electrons. The van der Waals surface area contributed by atoms with Crippen LogP contribution in [0.5, 0.6) is 5.75 Å². The number of hydrogen-bond acceptors (Lipinski definition) is 3. The Morgan fingerprint density at radius 3 is 2.32 bits per heavy atom. The third-order valence-corrected chi connectivity index (χ3v) is 5.57. The van der Waals surface area contributed by atoms with E-state index < -0.39 is 17.8 Å². The lowest BCUT2D eigenvalue weighted by Gasteiger charge is -2.38. The standard InChI is InChI=1S/C25H24F3NO2/c26-25(27,28)20-10-12-22(13-11-20)31-17-21(30)16-29-15-14-18-6-4-5-9-23(18)24(29)19-7-2-1-3-8-19/h1-13,21,24,30H,14-17H2/t21?,24-/m0/s1. The molecule has 1 unspecified atom stereocenters. The third kappa shape index (κ3) is 5.09. The van der Waals surface area contributed by atoms with Crippen LogP contribution in [0, 0.1) is 0 Å². The fourth-order valence-electron chi connectivity index (χ4n) is 4.10. The van der Waals surface area contributed by atoms with E-state index in [0.29, 0.717) is 12.3 Å². The van der Waals surface area contributed by atoms with Gasteiger partial charge < -0.3 is 9.84 Å². The van der Waals surface area contributed by atoms with Gasteiger partial charge in [0.2, 0.25) is 0 Å². The first-order valence-corrected chi connectivity index (χ1v) is 10.3. The molecule has 3 nitrogen and oxygen atoms in total. The van der Waals surface area contributed by atoms with Gasteiger partial charge in [0.1, 0.15) is 18.5 Å². The molecule has 0 aliphatic carbocycles.